The fraction of sp³-hybridized carbons (Fsp3) is 0.278. The summed E-state index contributed by atoms with van der Waals surface area (Å²) >= 11 is 0. The van der Waals surface area contributed by atoms with Crippen LogP contribution in [0.25, 0.3) is 21.8 Å². The molecule has 1 aromatic carbocycles. The third kappa shape index (κ3) is 3.28. The van der Waals surface area contributed by atoms with Crippen LogP contribution >= 0.6 is 0 Å². The number of aromatic amines is 1. The van der Waals surface area contributed by atoms with Crippen LogP contribution in [0.5, 0.6) is 0 Å². The number of H-pyrrole nitrogens is 1. The second-order valence-electron chi connectivity index (χ2n) is 5.73. The Morgan fingerprint density at radius 1 is 1.25 bits per heavy atom. The second kappa shape index (κ2) is 7.23. The average Bonchev–Trinajstić information content (AvgIpc) is 2.98. The molecular formula is C18H20N4O2. The van der Waals surface area contributed by atoms with E-state index in [0.717, 1.165) is 27.5 Å². The zero-order valence-corrected chi connectivity index (χ0v) is 13.4. The predicted molar refractivity (Wildman–Crippen MR) is 93.4 cm³/mol. The standard InChI is InChI=1S/C18H20N4O2/c19-8-3-9-22(12-23)18(24)7-6-13-10-15-14-4-1-2-5-16(14)21-17(15)11-20-13/h1-2,4-5,10-12,21H,3,6-9,19H2. The third-order valence-electron chi connectivity index (χ3n) is 4.09. The molecule has 0 spiro atoms. The summed E-state index contributed by atoms with van der Waals surface area (Å²) in [6, 6.07) is 10.1. The molecule has 3 N–H and O–H groups in total. The molecule has 0 aliphatic heterocycles. The third-order valence-corrected chi connectivity index (χ3v) is 4.09. The number of para-hydroxylation sites is 1. The second-order valence-corrected chi connectivity index (χ2v) is 5.73. The minimum atomic E-state index is -0.195. The molecule has 0 unspecified atom stereocenters. The number of nitrogens with zero attached hydrogens (tertiary/aromatic N) is 2. The highest BCUT2D eigenvalue weighted by Gasteiger charge is 2.13. The Balaban J connectivity index is 1.74. The summed E-state index contributed by atoms with van der Waals surface area (Å²) in [6.45, 7) is 0.824. The highest BCUT2D eigenvalue weighted by molar-refractivity contribution is 6.06. The first-order valence-corrected chi connectivity index (χ1v) is 8.03. The molecule has 3 aromatic rings. The van der Waals surface area contributed by atoms with Crippen molar-refractivity contribution in [2.75, 3.05) is 13.1 Å². The van der Waals surface area contributed by atoms with Gasteiger partial charge in [-0.15, -0.1) is 0 Å². The Morgan fingerprint density at radius 2 is 2.08 bits per heavy atom. The molecule has 2 heterocycles. The number of carbonyl (C=O) groups excluding carboxylic acids is 2. The predicted octanol–water partition coefficient (Wildman–Crippen LogP) is 1.98. The summed E-state index contributed by atoms with van der Waals surface area (Å²) in [5, 5.41) is 2.23. The van der Waals surface area contributed by atoms with Gasteiger partial charge in [0.15, 0.2) is 0 Å². The molecule has 2 aromatic heterocycles. The number of benzene rings is 1. The van der Waals surface area contributed by atoms with Crippen molar-refractivity contribution in [3.05, 3.63) is 42.2 Å². The molecule has 6 heteroatoms. The van der Waals surface area contributed by atoms with Crippen LogP contribution in [0.15, 0.2) is 36.5 Å². The van der Waals surface area contributed by atoms with Gasteiger partial charge in [0.2, 0.25) is 12.3 Å². The van der Waals surface area contributed by atoms with Gasteiger partial charge < -0.3 is 10.7 Å². The van der Waals surface area contributed by atoms with Gasteiger partial charge >= 0.3 is 0 Å². The molecular weight excluding hydrogens is 304 g/mol. The molecule has 2 amide bonds. The largest absolute Gasteiger partial charge is 0.353 e. The van der Waals surface area contributed by atoms with Crippen LogP contribution in [0.2, 0.25) is 0 Å². The van der Waals surface area contributed by atoms with Crippen molar-refractivity contribution in [3.63, 3.8) is 0 Å². The number of hydrogen-bond acceptors (Lipinski definition) is 4. The van der Waals surface area contributed by atoms with Gasteiger partial charge in [-0.3, -0.25) is 19.5 Å². The molecule has 0 aliphatic carbocycles. The average molecular weight is 324 g/mol. The van der Waals surface area contributed by atoms with Gasteiger partial charge in [0.05, 0.1) is 11.7 Å². The zero-order chi connectivity index (χ0) is 16.9. The summed E-state index contributed by atoms with van der Waals surface area (Å²) in [7, 11) is 0. The monoisotopic (exact) mass is 324 g/mol. The normalized spacial score (nSPS) is 11.0. The lowest BCUT2D eigenvalue weighted by Crippen LogP contribution is -2.31. The molecule has 0 fully saturated rings. The minimum Gasteiger partial charge on any atom is -0.353 e. The van der Waals surface area contributed by atoms with Crippen molar-refractivity contribution in [1.82, 2.24) is 14.9 Å². The number of aryl methyl sites for hydroxylation is 1. The number of nitrogens with two attached hydrogens (primary N) is 1. The molecule has 0 bridgehead atoms. The molecule has 6 nitrogen and oxygen atoms in total. The van der Waals surface area contributed by atoms with Crippen LogP contribution in [0.1, 0.15) is 18.5 Å². The van der Waals surface area contributed by atoms with E-state index in [1.54, 1.807) is 6.20 Å². The van der Waals surface area contributed by atoms with Crippen molar-refractivity contribution < 1.29 is 9.59 Å². The Kier molecular flexibility index (Phi) is 4.86. The van der Waals surface area contributed by atoms with E-state index in [1.807, 2.05) is 24.3 Å². The lowest BCUT2D eigenvalue weighted by molar-refractivity contribution is -0.138. The Hall–Kier alpha value is -2.73. The number of aromatic nitrogens is 2. The summed E-state index contributed by atoms with van der Waals surface area (Å²) in [4.78, 5) is 32.0. The van der Waals surface area contributed by atoms with Crippen LogP contribution < -0.4 is 5.73 Å². The highest BCUT2D eigenvalue weighted by Crippen LogP contribution is 2.25. The van der Waals surface area contributed by atoms with Crippen LogP contribution in [0.4, 0.5) is 0 Å². The van der Waals surface area contributed by atoms with E-state index in [-0.39, 0.29) is 12.3 Å². The number of pyridine rings is 1. The fourth-order valence-corrected chi connectivity index (χ4v) is 2.81. The first-order chi connectivity index (χ1) is 11.7. The molecule has 124 valence electrons. The quantitative estimate of drug-likeness (QED) is 0.650. The van der Waals surface area contributed by atoms with E-state index in [2.05, 4.69) is 16.0 Å². The van der Waals surface area contributed by atoms with Gasteiger partial charge in [-0.05, 0) is 31.5 Å². The van der Waals surface area contributed by atoms with Gasteiger partial charge in [-0.2, -0.15) is 0 Å². The maximum atomic E-state index is 12.1. The van der Waals surface area contributed by atoms with Gasteiger partial charge in [-0.25, -0.2) is 0 Å². The van der Waals surface area contributed by atoms with E-state index in [4.69, 9.17) is 5.73 Å². The number of imide groups is 1. The maximum absolute atomic E-state index is 12.1. The summed E-state index contributed by atoms with van der Waals surface area (Å²) < 4.78 is 0. The highest BCUT2D eigenvalue weighted by atomic mass is 16.2. The maximum Gasteiger partial charge on any atom is 0.229 e. The van der Waals surface area contributed by atoms with Crippen LogP contribution in [0, 0.1) is 0 Å². The fourth-order valence-electron chi connectivity index (χ4n) is 2.81. The summed E-state index contributed by atoms with van der Waals surface area (Å²) in [5.74, 6) is -0.195. The zero-order valence-electron chi connectivity index (χ0n) is 13.4. The van der Waals surface area contributed by atoms with Crippen LogP contribution in [-0.4, -0.2) is 40.3 Å². The molecule has 0 atom stereocenters. The SMILES string of the molecule is NCCCN(C=O)C(=O)CCc1cc2c(cn1)[nH]c1ccccc12. The Bertz CT molecular complexity index is 872. The van der Waals surface area contributed by atoms with Gasteiger partial charge in [0.25, 0.3) is 0 Å². The van der Waals surface area contributed by atoms with Crippen molar-refractivity contribution in [3.8, 4) is 0 Å². The van der Waals surface area contributed by atoms with E-state index in [9.17, 15) is 9.59 Å². The number of rotatable bonds is 7. The molecule has 0 aliphatic rings. The summed E-state index contributed by atoms with van der Waals surface area (Å²) in [6.07, 6.45) is 3.74. The Morgan fingerprint density at radius 3 is 2.88 bits per heavy atom. The first kappa shape index (κ1) is 16.1. The first-order valence-electron chi connectivity index (χ1n) is 8.03. The molecule has 0 radical (unpaired) electrons. The molecule has 3 rings (SSSR count). The van der Waals surface area contributed by atoms with Gasteiger partial charge in [0, 0.05) is 34.9 Å². The van der Waals surface area contributed by atoms with Crippen LogP contribution in [-0.2, 0) is 16.0 Å². The van der Waals surface area contributed by atoms with Gasteiger partial charge in [0.1, 0.15) is 0 Å². The van der Waals surface area contributed by atoms with Crippen molar-refractivity contribution >= 4 is 34.1 Å². The Labute approximate surface area is 139 Å². The van der Waals surface area contributed by atoms with E-state index >= 15 is 0 Å². The van der Waals surface area contributed by atoms with Crippen molar-refractivity contribution in [2.45, 2.75) is 19.3 Å². The number of carbonyl (C=O) groups is 2. The lowest BCUT2D eigenvalue weighted by atomic mass is 10.1. The van der Waals surface area contributed by atoms with E-state index in [0.29, 0.717) is 32.3 Å². The van der Waals surface area contributed by atoms with Crippen molar-refractivity contribution in [2.24, 2.45) is 5.73 Å². The smallest absolute Gasteiger partial charge is 0.229 e. The van der Waals surface area contributed by atoms with Crippen molar-refractivity contribution in [1.29, 1.82) is 0 Å². The minimum absolute atomic E-state index is 0.195. The van der Waals surface area contributed by atoms with E-state index < -0.39 is 0 Å². The number of nitrogens with one attached hydrogen (secondary N) is 1. The number of fused-ring (bicyclic) bond motifs is 3. The number of amides is 2. The molecule has 24 heavy (non-hydrogen) atoms. The van der Waals surface area contributed by atoms with Gasteiger partial charge in [-0.1, -0.05) is 18.2 Å². The topological polar surface area (TPSA) is 92.1 Å². The molecule has 0 saturated carbocycles. The summed E-state index contributed by atoms with van der Waals surface area (Å²) in [5.41, 5.74) is 8.30. The number of hydrogen-bond donors (Lipinski definition) is 2. The lowest BCUT2D eigenvalue weighted by Gasteiger charge is -2.14. The van der Waals surface area contributed by atoms with Crippen LogP contribution in [0.3, 0.4) is 0 Å². The molecule has 0 saturated heterocycles. The van der Waals surface area contributed by atoms with E-state index in [1.165, 1.54) is 4.90 Å².